The zero-order valence-electron chi connectivity index (χ0n) is 16.0. The van der Waals surface area contributed by atoms with E-state index in [0.717, 1.165) is 5.56 Å². The summed E-state index contributed by atoms with van der Waals surface area (Å²) in [6, 6.07) is 9.59. The Labute approximate surface area is 192 Å². The number of carboxylic acid groups (broad SMARTS) is 1. The average molecular weight is 424 g/mol. The van der Waals surface area contributed by atoms with E-state index in [1.807, 2.05) is 30.3 Å². The standard InChI is InChI=1S/C18H19N5O6.Na/c24-11-12(25)14(18(27)28)29-17(13(11)26)23-8-22-15(10-16(23)21-7-20-10)19-6-9-4-2-1-3-5-9;/h1-5,7-8,11-14,17,24-26H,6H2,(H,20,21)(H,27,28);/t11-,12-,13+,14-,17+;/m0./s1. The molecule has 0 saturated carbocycles. The van der Waals surface area contributed by atoms with Crippen LogP contribution in [0.25, 0.3) is 11.2 Å². The van der Waals surface area contributed by atoms with Gasteiger partial charge in [0.2, 0.25) is 0 Å². The number of benzene rings is 1. The molecule has 1 aliphatic heterocycles. The number of aliphatic hydroxyl groups excluding tert-OH is 3. The third-order valence-corrected chi connectivity index (χ3v) is 4.75. The van der Waals surface area contributed by atoms with Gasteiger partial charge in [-0.1, -0.05) is 30.3 Å². The van der Waals surface area contributed by atoms with Crippen LogP contribution in [0.15, 0.2) is 48.0 Å². The van der Waals surface area contributed by atoms with E-state index in [1.165, 1.54) is 17.2 Å². The number of carboxylic acids is 1. The second-order valence-corrected chi connectivity index (χ2v) is 6.64. The van der Waals surface area contributed by atoms with Gasteiger partial charge in [0, 0.05) is 29.6 Å². The minimum absolute atomic E-state index is 0. The van der Waals surface area contributed by atoms with Crippen molar-refractivity contribution < 1.29 is 30.0 Å². The van der Waals surface area contributed by atoms with Gasteiger partial charge < -0.3 is 30.1 Å². The number of aliphatic hydroxyl groups is 3. The van der Waals surface area contributed by atoms with E-state index in [2.05, 4.69) is 19.9 Å². The van der Waals surface area contributed by atoms with Crippen LogP contribution < -0.4 is 5.49 Å². The molecule has 153 valence electrons. The zero-order chi connectivity index (χ0) is 20.5. The number of carbonyl (C=O) groups is 1. The third kappa shape index (κ3) is 4.18. The number of aromatic amines is 1. The summed E-state index contributed by atoms with van der Waals surface area (Å²) in [5, 5.41) is 39.5. The van der Waals surface area contributed by atoms with Gasteiger partial charge in [0.1, 0.15) is 30.2 Å². The first-order valence-corrected chi connectivity index (χ1v) is 8.84. The molecule has 0 bridgehead atoms. The van der Waals surface area contributed by atoms with E-state index in [4.69, 9.17) is 4.74 Å². The molecule has 1 saturated heterocycles. The minimum Gasteiger partial charge on any atom is -0.479 e. The van der Waals surface area contributed by atoms with Crippen molar-refractivity contribution in [2.75, 3.05) is 0 Å². The van der Waals surface area contributed by atoms with Crippen molar-refractivity contribution in [1.82, 2.24) is 19.5 Å². The van der Waals surface area contributed by atoms with E-state index in [-0.39, 0.29) is 29.6 Å². The first-order chi connectivity index (χ1) is 14.0. The smallest absolute Gasteiger partial charge is 0.335 e. The maximum atomic E-state index is 11.3. The number of aromatic nitrogens is 4. The molecule has 1 aromatic carbocycles. The molecule has 2 aromatic heterocycles. The molecular formula is C18H19N5NaO6. The summed E-state index contributed by atoms with van der Waals surface area (Å²) in [7, 11) is 0. The third-order valence-electron chi connectivity index (χ3n) is 4.75. The van der Waals surface area contributed by atoms with E-state index >= 15 is 0 Å². The van der Waals surface area contributed by atoms with Crippen LogP contribution in [-0.4, -0.2) is 99.9 Å². The maximum absolute atomic E-state index is 11.3. The number of hydrogen-bond donors (Lipinski definition) is 5. The van der Waals surface area contributed by atoms with Crippen molar-refractivity contribution in [2.24, 2.45) is 4.99 Å². The topological polar surface area (TPSA) is 166 Å². The number of rotatable bonds is 4. The zero-order valence-corrected chi connectivity index (χ0v) is 18.0. The van der Waals surface area contributed by atoms with Crippen LogP contribution in [-0.2, 0) is 16.1 Å². The fourth-order valence-corrected chi connectivity index (χ4v) is 3.23. The summed E-state index contributed by atoms with van der Waals surface area (Å²) < 4.78 is 6.65. The summed E-state index contributed by atoms with van der Waals surface area (Å²) in [4.78, 5) is 27.2. The van der Waals surface area contributed by atoms with Crippen molar-refractivity contribution in [1.29, 1.82) is 0 Å². The molecule has 4 rings (SSSR count). The molecule has 1 aliphatic rings. The predicted octanol–water partition coefficient (Wildman–Crippen LogP) is -1.46. The summed E-state index contributed by atoms with van der Waals surface area (Å²) >= 11 is 0. The summed E-state index contributed by atoms with van der Waals surface area (Å²) in [6.07, 6.45) is -5.44. The predicted molar refractivity (Wildman–Crippen MR) is 103 cm³/mol. The molecular weight excluding hydrogens is 405 g/mol. The first kappa shape index (κ1) is 22.6. The van der Waals surface area contributed by atoms with Gasteiger partial charge in [0.05, 0.1) is 12.9 Å². The molecule has 0 aliphatic carbocycles. The Balaban J connectivity index is 0.00000256. The fraction of sp³-hybridized carbons (Fsp3) is 0.333. The molecule has 1 radical (unpaired) electrons. The Hall–Kier alpha value is -2.12. The van der Waals surface area contributed by atoms with Gasteiger partial charge in [-0.3, -0.25) is 9.56 Å². The van der Waals surface area contributed by atoms with E-state index in [1.54, 1.807) is 0 Å². The number of nitrogens with zero attached hydrogens (tertiary/aromatic N) is 4. The van der Waals surface area contributed by atoms with E-state index in [0.29, 0.717) is 23.2 Å². The van der Waals surface area contributed by atoms with Crippen LogP contribution in [0.4, 0.5) is 0 Å². The monoisotopic (exact) mass is 424 g/mol. The number of ether oxygens (including phenoxy) is 1. The van der Waals surface area contributed by atoms with Gasteiger partial charge in [-0.15, -0.1) is 0 Å². The molecule has 1 fully saturated rings. The number of fused-ring (bicyclic) bond motifs is 1. The minimum atomic E-state index is -1.78. The number of hydrogen-bond acceptors (Lipinski definition) is 8. The molecule has 12 heteroatoms. The largest absolute Gasteiger partial charge is 0.479 e. The average Bonchev–Trinajstić information content (AvgIpc) is 3.21. The molecule has 3 aromatic rings. The van der Waals surface area contributed by atoms with Crippen molar-refractivity contribution in [3.8, 4) is 0 Å². The molecule has 11 nitrogen and oxygen atoms in total. The first-order valence-electron chi connectivity index (χ1n) is 8.84. The van der Waals surface area contributed by atoms with Crippen molar-refractivity contribution in [2.45, 2.75) is 37.2 Å². The van der Waals surface area contributed by atoms with Gasteiger partial charge in [0.15, 0.2) is 23.5 Å². The molecule has 5 atom stereocenters. The van der Waals surface area contributed by atoms with Gasteiger partial charge in [-0.25, -0.2) is 14.8 Å². The van der Waals surface area contributed by atoms with Crippen LogP contribution in [0.2, 0.25) is 0 Å². The van der Waals surface area contributed by atoms with Gasteiger partial charge in [0.25, 0.3) is 0 Å². The Morgan fingerprint density at radius 1 is 1.13 bits per heavy atom. The van der Waals surface area contributed by atoms with E-state index < -0.39 is 36.6 Å². The van der Waals surface area contributed by atoms with Crippen molar-refractivity contribution in [3.63, 3.8) is 0 Å². The van der Waals surface area contributed by atoms with Crippen molar-refractivity contribution in [3.05, 3.63) is 54.0 Å². The summed E-state index contributed by atoms with van der Waals surface area (Å²) in [6.45, 7) is 0.389. The molecule has 30 heavy (non-hydrogen) atoms. The second-order valence-electron chi connectivity index (χ2n) is 6.64. The van der Waals surface area contributed by atoms with Gasteiger partial charge in [-0.2, -0.15) is 0 Å². The van der Waals surface area contributed by atoms with Crippen LogP contribution >= 0.6 is 0 Å². The van der Waals surface area contributed by atoms with Gasteiger partial charge in [-0.05, 0) is 5.56 Å². The second kappa shape index (κ2) is 9.35. The number of imidazole rings is 1. The number of aliphatic carboxylic acids is 1. The Morgan fingerprint density at radius 2 is 1.87 bits per heavy atom. The van der Waals surface area contributed by atoms with E-state index in [9.17, 15) is 25.2 Å². The quantitative estimate of drug-likeness (QED) is 0.317. The molecule has 0 amide bonds. The SMILES string of the molecule is O=C(O)[C@H]1O[C@@H](n2cnc(=NCc3ccccc3)c3[nH]cnc32)[C@H](O)[C@@H](O)[C@@H]1O.[Na]. The molecule has 0 unspecified atom stereocenters. The number of H-pyrrole nitrogens is 1. The Bertz CT molecular complexity index is 1090. The fourth-order valence-electron chi connectivity index (χ4n) is 3.23. The summed E-state index contributed by atoms with van der Waals surface area (Å²) in [5.41, 5.74) is 2.11. The molecule has 3 heterocycles. The Kier molecular flexibility index (Phi) is 7.03. The summed E-state index contributed by atoms with van der Waals surface area (Å²) in [5.74, 6) is -1.46. The normalized spacial score (nSPS) is 27.0. The Morgan fingerprint density at radius 3 is 2.57 bits per heavy atom. The molecule has 0 spiro atoms. The van der Waals surface area contributed by atoms with Crippen LogP contribution in [0, 0.1) is 0 Å². The number of nitrogens with one attached hydrogen (secondary N) is 1. The van der Waals surface area contributed by atoms with Crippen molar-refractivity contribution >= 4 is 46.7 Å². The van der Waals surface area contributed by atoms with Crippen LogP contribution in [0.3, 0.4) is 0 Å². The molecule has 5 N–H and O–H groups in total. The maximum Gasteiger partial charge on any atom is 0.335 e. The van der Waals surface area contributed by atoms with Gasteiger partial charge >= 0.3 is 5.97 Å². The van der Waals surface area contributed by atoms with Crippen LogP contribution in [0.1, 0.15) is 11.8 Å². The van der Waals surface area contributed by atoms with Crippen LogP contribution in [0.5, 0.6) is 0 Å².